The van der Waals surface area contributed by atoms with Crippen molar-refractivity contribution < 1.29 is 14.3 Å². The van der Waals surface area contributed by atoms with Crippen LogP contribution in [-0.2, 0) is 6.42 Å². The van der Waals surface area contributed by atoms with Crippen LogP contribution in [0.3, 0.4) is 0 Å². The Hall–Kier alpha value is -2.95. The summed E-state index contributed by atoms with van der Waals surface area (Å²) < 4.78 is 13.8. The molecule has 0 spiro atoms. The first-order valence-corrected chi connectivity index (χ1v) is 9.73. The fraction of sp³-hybridized carbons (Fsp3) is 0.304. The first kappa shape index (κ1) is 18.4. The van der Waals surface area contributed by atoms with Crippen molar-refractivity contribution in [2.75, 3.05) is 13.1 Å². The van der Waals surface area contributed by atoms with Crippen molar-refractivity contribution >= 4 is 16.8 Å². The summed E-state index contributed by atoms with van der Waals surface area (Å²) in [5, 5.41) is 11.4. The number of carbonyl (C=O) groups is 1. The number of phenolic OH excluding ortho intramolecular Hbond substituents is 1. The number of piperidine rings is 1. The number of nitrogens with zero attached hydrogens (tertiary/aromatic N) is 2. The summed E-state index contributed by atoms with van der Waals surface area (Å²) in [5.74, 6) is -0.0601. The van der Waals surface area contributed by atoms with E-state index in [0.717, 1.165) is 30.2 Å². The number of amides is 1. The molecule has 1 aromatic heterocycles. The van der Waals surface area contributed by atoms with Gasteiger partial charge in [0.05, 0.1) is 5.56 Å². The van der Waals surface area contributed by atoms with Gasteiger partial charge in [-0.3, -0.25) is 9.78 Å². The predicted molar refractivity (Wildman–Crippen MR) is 107 cm³/mol. The van der Waals surface area contributed by atoms with Gasteiger partial charge in [0.1, 0.15) is 11.3 Å². The van der Waals surface area contributed by atoms with E-state index in [1.54, 1.807) is 29.3 Å². The van der Waals surface area contributed by atoms with E-state index >= 15 is 0 Å². The highest BCUT2D eigenvalue weighted by molar-refractivity contribution is 6.02. The average molecular weight is 378 g/mol. The van der Waals surface area contributed by atoms with E-state index in [1.807, 2.05) is 24.3 Å². The lowest BCUT2D eigenvalue weighted by molar-refractivity contribution is 0.0665. The standard InChI is InChI=1S/C23H23FN2O2/c24-20-8-2-1-6-17(20)10-9-16-5-4-14-26(15-16)23(28)19-12-11-18-7-3-13-25-21(18)22(19)27/h1-3,6-8,11-13,16,27H,4-5,9-10,14-15H2. The Morgan fingerprint density at radius 2 is 2.04 bits per heavy atom. The molecular formula is C23H23FN2O2. The zero-order valence-electron chi connectivity index (χ0n) is 15.6. The molecule has 0 aliphatic carbocycles. The molecule has 1 aliphatic rings. The highest BCUT2D eigenvalue weighted by atomic mass is 19.1. The second-order valence-corrected chi connectivity index (χ2v) is 7.43. The summed E-state index contributed by atoms with van der Waals surface area (Å²) in [6.07, 6.45) is 5.07. The van der Waals surface area contributed by atoms with Crippen LogP contribution in [-0.4, -0.2) is 34.0 Å². The number of fused-ring (bicyclic) bond motifs is 1. The third kappa shape index (κ3) is 3.70. The van der Waals surface area contributed by atoms with E-state index in [2.05, 4.69) is 4.98 Å². The van der Waals surface area contributed by atoms with Gasteiger partial charge in [0, 0.05) is 24.7 Å². The van der Waals surface area contributed by atoms with Gasteiger partial charge in [-0.1, -0.05) is 30.3 Å². The lowest BCUT2D eigenvalue weighted by atomic mass is 9.91. The number of carbonyl (C=O) groups excluding carboxylic acids is 1. The molecule has 1 saturated heterocycles. The second-order valence-electron chi connectivity index (χ2n) is 7.43. The molecule has 28 heavy (non-hydrogen) atoms. The fourth-order valence-electron chi connectivity index (χ4n) is 4.02. The SMILES string of the molecule is O=C(c1ccc2cccnc2c1O)N1CCCC(CCc2ccccc2F)C1. The van der Waals surface area contributed by atoms with Gasteiger partial charge in [-0.05, 0) is 55.4 Å². The molecule has 0 saturated carbocycles. The van der Waals surface area contributed by atoms with Crippen LogP contribution in [0.25, 0.3) is 10.9 Å². The van der Waals surface area contributed by atoms with Crippen LogP contribution in [0.1, 0.15) is 35.2 Å². The molecule has 1 fully saturated rings. The third-order valence-corrected chi connectivity index (χ3v) is 5.56. The van der Waals surface area contributed by atoms with E-state index in [4.69, 9.17) is 0 Å². The number of rotatable bonds is 4. The molecule has 0 radical (unpaired) electrons. The molecule has 2 aromatic carbocycles. The normalized spacial score (nSPS) is 17.0. The van der Waals surface area contributed by atoms with Gasteiger partial charge in [-0.2, -0.15) is 0 Å². The van der Waals surface area contributed by atoms with E-state index in [1.165, 1.54) is 6.07 Å². The Morgan fingerprint density at radius 3 is 2.89 bits per heavy atom. The lowest BCUT2D eigenvalue weighted by Crippen LogP contribution is -2.40. The monoisotopic (exact) mass is 378 g/mol. The van der Waals surface area contributed by atoms with E-state index < -0.39 is 0 Å². The molecule has 3 aromatic rings. The van der Waals surface area contributed by atoms with Gasteiger partial charge in [-0.15, -0.1) is 0 Å². The molecule has 1 unspecified atom stereocenters. The Labute approximate surface area is 163 Å². The van der Waals surface area contributed by atoms with Crippen molar-refractivity contribution in [1.82, 2.24) is 9.88 Å². The molecule has 2 heterocycles. The van der Waals surface area contributed by atoms with E-state index in [0.29, 0.717) is 36.5 Å². The Kier molecular flexibility index (Phi) is 5.24. The molecule has 1 aliphatic heterocycles. The smallest absolute Gasteiger partial charge is 0.257 e. The Balaban J connectivity index is 1.46. The lowest BCUT2D eigenvalue weighted by Gasteiger charge is -2.33. The van der Waals surface area contributed by atoms with Gasteiger partial charge < -0.3 is 10.0 Å². The molecule has 1 N–H and O–H groups in total. The van der Waals surface area contributed by atoms with Crippen molar-refractivity contribution in [1.29, 1.82) is 0 Å². The first-order chi connectivity index (χ1) is 13.6. The van der Waals surface area contributed by atoms with Gasteiger partial charge in [0.2, 0.25) is 0 Å². The highest BCUT2D eigenvalue weighted by Gasteiger charge is 2.26. The van der Waals surface area contributed by atoms with Crippen molar-refractivity contribution in [2.45, 2.75) is 25.7 Å². The van der Waals surface area contributed by atoms with E-state index in [9.17, 15) is 14.3 Å². The molecule has 1 atom stereocenters. The van der Waals surface area contributed by atoms with Gasteiger partial charge in [-0.25, -0.2) is 4.39 Å². The number of aromatic hydroxyl groups is 1. The maximum atomic E-state index is 13.8. The topological polar surface area (TPSA) is 53.4 Å². The summed E-state index contributed by atoms with van der Waals surface area (Å²) >= 11 is 0. The number of hydrogen-bond donors (Lipinski definition) is 1. The largest absolute Gasteiger partial charge is 0.505 e. The molecule has 144 valence electrons. The van der Waals surface area contributed by atoms with Crippen LogP contribution in [0.15, 0.2) is 54.7 Å². The van der Waals surface area contributed by atoms with Crippen LogP contribution in [0.2, 0.25) is 0 Å². The fourth-order valence-corrected chi connectivity index (χ4v) is 4.02. The number of pyridine rings is 1. The Morgan fingerprint density at radius 1 is 1.18 bits per heavy atom. The first-order valence-electron chi connectivity index (χ1n) is 9.73. The minimum Gasteiger partial charge on any atom is -0.505 e. The molecule has 4 nitrogen and oxygen atoms in total. The Bertz CT molecular complexity index is 1000. The summed E-state index contributed by atoms with van der Waals surface area (Å²) in [6.45, 7) is 1.31. The molecule has 5 heteroatoms. The minimum absolute atomic E-state index is 0.0587. The number of phenols is 1. The van der Waals surface area contributed by atoms with Crippen molar-refractivity contribution in [3.63, 3.8) is 0 Å². The molecule has 0 bridgehead atoms. The minimum atomic E-state index is -0.167. The number of hydrogen-bond acceptors (Lipinski definition) is 3. The van der Waals surface area contributed by atoms with Crippen LogP contribution in [0.4, 0.5) is 4.39 Å². The summed E-state index contributed by atoms with van der Waals surface area (Å²) in [7, 11) is 0. The van der Waals surface area contributed by atoms with Gasteiger partial charge in [0.25, 0.3) is 5.91 Å². The van der Waals surface area contributed by atoms with Gasteiger partial charge >= 0.3 is 0 Å². The van der Waals surface area contributed by atoms with E-state index in [-0.39, 0.29) is 17.5 Å². The quantitative estimate of drug-likeness (QED) is 0.724. The zero-order chi connectivity index (χ0) is 19.5. The summed E-state index contributed by atoms with van der Waals surface area (Å²) in [4.78, 5) is 19.0. The number of likely N-dealkylation sites (tertiary alicyclic amines) is 1. The second kappa shape index (κ2) is 7.97. The maximum absolute atomic E-state index is 13.8. The zero-order valence-corrected chi connectivity index (χ0v) is 15.6. The van der Waals surface area contributed by atoms with Crippen LogP contribution in [0.5, 0.6) is 5.75 Å². The van der Waals surface area contributed by atoms with Crippen LogP contribution >= 0.6 is 0 Å². The van der Waals surface area contributed by atoms with Crippen molar-refractivity contribution in [3.8, 4) is 5.75 Å². The number of aromatic nitrogens is 1. The number of halogens is 1. The van der Waals surface area contributed by atoms with Crippen molar-refractivity contribution in [2.24, 2.45) is 5.92 Å². The van der Waals surface area contributed by atoms with Crippen LogP contribution < -0.4 is 0 Å². The number of aryl methyl sites for hydroxylation is 1. The molecule has 1 amide bonds. The third-order valence-electron chi connectivity index (χ3n) is 5.56. The predicted octanol–water partition coefficient (Wildman–Crippen LogP) is 4.56. The van der Waals surface area contributed by atoms with Crippen LogP contribution in [0, 0.1) is 11.7 Å². The highest BCUT2D eigenvalue weighted by Crippen LogP contribution is 2.30. The molecular weight excluding hydrogens is 355 g/mol. The maximum Gasteiger partial charge on any atom is 0.257 e. The summed E-state index contributed by atoms with van der Waals surface area (Å²) in [6, 6.07) is 14.0. The average Bonchev–Trinajstić information content (AvgIpc) is 2.73. The van der Waals surface area contributed by atoms with Gasteiger partial charge in [0.15, 0.2) is 5.75 Å². The molecule has 4 rings (SSSR count). The number of benzene rings is 2. The van der Waals surface area contributed by atoms with Crippen molar-refractivity contribution in [3.05, 3.63) is 71.7 Å². The summed E-state index contributed by atoms with van der Waals surface area (Å²) in [5.41, 5.74) is 1.46.